The van der Waals surface area contributed by atoms with Gasteiger partial charge in [0.25, 0.3) is 0 Å². The third-order valence-electron chi connectivity index (χ3n) is 9.30. The molecule has 6 aromatic carbocycles. The minimum absolute atomic E-state index is 0.436. The minimum atomic E-state index is 0.436. The van der Waals surface area contributed by atoms with Gasteiger partial charge in [-0.2, -0.15) is 10.2 Å². The Kier molecular flexibility index (Phi) is 6.35. The number of hydrogen-bond acceptors (Lipinski definition) is 7. The van der Waals surface area contributed by atoms with Gasteiger partial charge in [0, 0.05) is 23.6 Å². The number of pyridine rings is 1. The Balaban J connectivity index is 1.08. The molecule has 4 heterocycles. The summed E-state index contributed by atoms with van der Waals surface area (Å²) in [4.78, 5) is 16.5. The summed E-state index contributed by atoms with van der Waals surface area (Å²) in [6, 6.07) is 49.2. The van der Waals surface area contributed by atoms with Crippen LogP contribution in [0.25, 0.3) is 77.0 Å². The van der Waals surface area contributed by atoms with Gasteiger partial charge in [-0.3, -0.25) is 4.90 Å². The van der Waals surface area contributed by atoms with Gasteiger partial charge < -0.3 is 4.42 Å². The SMILES string of the molecule is c1ccc2cc(-c3ccc(N(c4ccc(-c5ccc6ccccc6c5)cc4)c4cc5oc6nc7cnncc7nc6c5cn4)cc3)ccc2c1. The van der Waals surface area contributed by atoms with Gasteiger partial charge in [-0.25, -0.2) is 15.0 Å². The van der Waals surface area contributed by atoms with Gasteiger partial charge in [-0.15, -0.1) is 0 Å². The number of benzene rings is 6. The molecule has 4 aromatic heterocycles. The monoisotopic (exact) mass is 642 g/mol. The lowest BCUT2D eigenvalue weighted by Crippen LogP contribution is -2.11. The van der Waals surface area contributed by atoms with E-state index in [4.69, 9.17) is 14.4 Å². The van der Waals surface area contributed by atoms with Crippen molar-refractivity contribution in [1.82, 2.24) is 25.1 Å². The fraction of sp³-hybridized carbons (Fsp3) is 0. The van der Waals surface area contributed by atoms with E-state index in [-0.39, 0.29) is 0 Å². The molecule has 0 saturated heterocycles. The van der Waals surface area contributed by atoms with E-state index in [9.17, 15) is 0 Å². The Bertz CT molecular complexity index is 2760. The van der Waals surface area contributed by atoms with Gasteiger partial charge in [0.15, 0.2) is 0 Å². The van der Waals surface area contributed by atoms with Crippen LogP contribution in [0.5, 0.6) is 0 Å². The molecule has 0 aliphatic rings. The molecule has 0 unspecified atom stereocenters. The van der Waals surface area contributed by atoms with Gasteiger partial charge in [-0.1, -0.05) is 97.1 Å². The maximum atomic E-state index is 6.26. The van der Waals surface area contributed by atoms with Crippen molar-refractivity contribution >= 4 is 72.0 Å². The fourth-order valence-corrected chi connectivity index (χ4v) is 6.73. The molecule has 0 aliphatic carbocycles. The van der Waals surface area contributed by atoms with Crippen molar-refractivity contribution in [3.05, 3.63) is 158 Å². The lowest BCUT2D eigenvalue weighted by Gasteiger charge is -2.24. The first-order chi connectivity index (χ1) is 24.7. The number of aromatic nitrogens is 5. The summed E-state index contributed by atoms with van der Waals surface area (Å²) in [7, 11) is 0. The number of anilines is 3. The molecule has 0 fully saturated rings. The molecule has 7 nitrogen and oxygen atoms in total. The zero-order valence-corrected chi connectivity index (χ0v) is 26.6. The summed E-state index contributed by atoms with van der Waals surface area (Å²) in [6.07, 6.45) is 5.00. The molecule has 0 N–H and O–H groups in total. The molecule has 50 heavy (non-hydrogen) atoms. The molecule has 0 spiro atoms. The lowest BCUT2D eigenvalue weighted by atomic mass is 10.0. The summed E-state index contributed by atoms with van der Waals surface area (Å²) in [5.74, 6) is 0.710. The predicted octanol–water partition coefficient (Wildman–Crippen LogP) is 10.8. The largest absolute Gasteiger partial charge is 0.436 e. The van der Waals surface area contributed by atoms with E-state index in [0.29, 0.717) is 33.7 Å². The van der Waals surface area contributed by atoms with Crippen molar-refractivity contribution in [3.8, 4) is 22.3 Å². The van der Waals surface area contributed by atoms with Crippen LogP contribution in [-0.4, -0.2) is 25.1 Å². The maximum Gasteiger partial charge on any atom is 0.247 e. The summed E-state index contributed by atoms with van der Waals surface area (Å²) < 4.78 is 6.26. The van der Waals surface area contributed by atoms with Crippen molar-refractivity contribution in [1.29, 1.82) is 0 Å². The van der Waals surface area contributed by atoms with E-state index < -0.39 is 0 Å². The highest BCUT2D eigenvalue weighted by Gasteiger charge is 2.19. The molecular formula is C43H26N6O. The van der Waals surface area contributed by atoms with E-state index >= 15 is 0 Å². The summed E-state index contributed by atoms with van der Waals surface area (Å²) in [5, 5.41) is 13.6. The molecule has 0 saturated carbocycles. The van der Waals surface area contributed by atoms with Gasteiger partial charge in [0.1, 0.15) is 28.0 Å². The standard InChI is InChI=1S/C43H26N6O/c1-3-7-31-21-33(11-9-27(31)5-1)29-13-17-35(18-14-29)49(36-19-15-30(16-20-36)34-12-10-28-6-2-4-8-32(28)22-34)41-23-40-37(24-44-41)42-43(50-40)48-39-26-46-45-25-38(39)47-42/h1-26H. The molecule has 7 heteroatoms. The molecule has 0 amide bonds. The quantitative estimate of drug-likeness (QED) is 0.185. The highest BCUT2D eigenvalue weighted by molar-refractivity contribution is 6.04. The summed E-state index contributed by atoms with van der Waals surface area (Å²) in [5.41, 5.74) is 9.55. The Morgan fingerprint density at radius 3 is 1.56 bits per heavy atom. The highest BCUT2D eigenvalue weighted by atomic mass is 16.3. The third kappa shape index (κ3) is 4.79. The molecule has 0 atom stereocenters. The Morgan fingerprint density at radius 1 is 0.460 bits per heavy atom. The Morgan fingerprint density at radius 2 is 0.980 bits per heavy atom. The van der Waals surface area contributed by atoms with Crippen LogP contribution < -0.4 is 4.90 Å². The minimum Gasteiger partial charge on any atom is -0.436 e. The van der Waals surface area contributed by atoms with Gasteiger partial charge >= 0.3 is 0 Å². The van der Waals surface area contributed by atoms with Crippen molar-refractivity contribution in [2.45, 2.75) is 0 Å². The van der Waals surface area contributed by atoms with Crippen LogP contribution in [0.15, 0.2) is 163 Å². The van der Waals surface area contributed by atoms with Gasteiger partial charge in [0.05, 0.1) is 17.8 Å². The highest BCUT2D eigenvalue weighted by Crippen LogP contribution is 2.38. The lowest BCUT2D eigenvalue weighted by molar-refractivity contribution is 0.654. The second-order valence-electron chi connectivity index (χ2n) is 12.3. The number of furan rings is 1. The van der Waals surface area contributed by atoms with E-state index in [0.717, 1.165) is 27.9 Å². The van der Waals surface area contributed by atoms with Crippen LogP contribution in [0.1, 0.15) is 0 Å². The topological polar surface area (TPSA) is 80.8 Å². The molecule has 10 rings (SSSR count). The van der Waals surface area contributed by atoms with Crippen LogP contribution >= 0.6 is 0 Å². The van der Waals surface area contributed by atoms with Crippen LogP contribution in [0.4, 0.5) is 17.2 Å². The Hall–Kier alpha value is -6.99. The number of hydrogen-bond donors (Lipinski definition) is 0. The second-order valence-corrected chi connectivity index (χ2v) is 12.3. The second kappa shape index (κ2) is 11.3. The van der Waals surface area contributed by atoms with E-state index in [1.165, 1.54) is 32.7 Å². The first kappa shape index (κ1) is 28.1. The predicted molar refractivity (Wildman–Crippen MR) is 201 cm³/mol. The van der Waals surface area contributed by atoms with Crippen LogP contribution in [0, 0.1) is 0 Å². The van der Waals surface area contributed by atoms with Crippen molar-refractivity contribution < 1.29 is 4.42 Å². The normalized spacial score (nSPS) is 11.6. The van der Waals surface area contributed by atoms with E-state index in [1.54, 1.807) is 12.4 Å². The van der Waals surface area contributed by atoms with E-state index in [1.807, 2.05) is 12.3 Å². The average molecular weight is 643 g/mol. The van der Waals surface area contributed by atoms with Crippen LogP contribution in [0.3, 0.4) is 0 Å². The smallest absolute Gasteiger partial charge is 0.247 e. The first-order valence-electron chi connectivity index (χ1n) is 16.4. The number of fused-ring (bicyclic) bond motifs is 6. The summed E-state index contributed by atoms with van der Waals surface area (Å²) in [6.45, 7) is 0. The fourth-order valence-electron chi connectivity index (χ4n) is 6.73. The molecule has 0 radical (unpaired) electrons. The van der Waals surface area contributed by atoms with Crippen molar-refractivity contribution in [2.24, 2.45) is 0 Å². The van der Waals surface area contributed by atoms with Gasteiger partial charge in [-0.05, 0) is 80.2 Å². The van der Waals surface area contributed by atoms with Gasteiger partial charge in [0.2, 0.25) is 5.71 Å². The van der Waals surface area contributed by atoms with Crippen molar-refractivity contribution in [2.75, 3.05) is 4.90 Å². The molecule has 0 aliphatic heterocycles. The number of rotatable bonds is 5. The number of nitrogens with zero attached hydrogens (tertiary/aromatic N) is 6. The first-order valence-corrected chi connectivity index (χ1v) is 16.4. The third-order valence-corrected chi connectivity index (χ3v) is 9.30. The van der Waals surface area contributed by atoms with Crippen LogP contribution in [-0.2, 0) is 0 Å². The molecule has 0 bridgehead atoms. The molecular weight excluding hydrogens is 617 g/mol. The summed E-state index contributed by atoms with van der Waals surface area (Å²) >= 11 is 0. The average Bonchev–Trinajstić information content (AvgIpc) is 3.53. The molecule has 10 aromatic rings. The zero-order chi connectivity index (χ0) is 33.0. The van der Waals surface area contributed by atoms with E-state index in [2.05, 4.69) is 154 Å². The maximum absolute atomic E-state index is 6.26. The van der Waals surface area contributed by atoms with Crippen LogP contribution in [0.2, 0.25) is 0 Å². The van der Waals surface area contributed by atoms with Crippen molar-refractivity contribution in [3.63, 3.8) is 0 Å². The Labute approximate surface area is 286 Å². The zero-order valence-electron chi connectivity index (χ0n) is 26.6. The molecule has 234 valence electrons.